The first-order chi connectivity index (χ1) is 7.63. The standard InChI is InChI=1S/C12H18N2O2/c1-4-6-11(15)14-10-7-5-8-13-12(10)16-9(2)3/h5,7-9H,4,6H2,1-3H3,(H,14,15). The zero-order valence-corrected chi connectivity index (χ0v) is 9.99. The molecule has 0 aliphatic rings. The van der Waals surface area contributed by atoms with E-state index in [0.29, 0.717) is 18.0 Å². The first-order valence-corrected chi connectivity index (χ1v) is 5.55. The molecule has 0 aliphatic heterocycles. The zero-order valence-electron chi connectivity index (χ0n) is 9.99. The summed E-state index contributed by atoms with van der Waals surface area (Å²) >= 11 is 0. The van der Waals surface area contributed by atoms with Gasteiger partial charge in [-0.2, -0.15) is 0 Å². The van der Waals surface area contributed by atoms with Crippen LogP contribution in [-0.2, 0) is 4.79 Å². The molecule has 0 saturated carbocycles. The summed E-state index contributed by atoms with van der Waals surface area (Å²) in [5.74, 6) is 0.464. The highest BCUT2D eigenvalue weighted by Gasteiger charge is 2.09. The van der Waals surface area contributed by atoms with Crippen LogP contribution >= 0.6 is 0 Å². The van der Waals surface area contributed by atoms with Gasteiger partial charge in [-0.1, -0.05) is 6.92 Å². The predicted octanol–water partition coefficient (Wildman–Crippen LogP) is 2.61. The molecule has 0 saturated heterocycles. The molecule has 1 amide bonds. The average molecular weight is 222 g/mol. The molecule has 88 valence electrons. The van der Waals surface area contributed by atoms with E-state index in [9.17, 15) is 4.79 Å². The van der Waals surface area contributed by atoms with Gasteiger partial charge in [-0.05, 0) is 32.4 Å². The Morgan fingerprint density at radius 1 is 1.56 bits per heavy atom. The molecule has 1 rings (SSSR count). The number of rotatable bonds is 5. The Kier molecular flexibility index (Phi) is 4.76. The Hall–Kier alpha value is -1.58. The number of pyridine rings is 1. The van der Waals surface area contributed by atoms with Crippen molar-refractivity contribution in [3.05, 3.63) is 18.3 Å². The second-order valence-corrected chi connectivity index (χ2v) is 3.82. The summed E-state index contributed by atoms with van der Waals surface area (Å²) < 4.78 is 5.50. The molecule has 0 fully saturated rings. The number of aromatic nitrogens is 1. The maximum absolute atomic E-state index is 11.5. The van der Waals surface area contributed by atoms with E-state index in [0.717, 1.165) is 6.42 Å². The Bertz CT molecular complexity index is 351. The number of hydrogen-bond acceptors (Lipinski definition) is 3. The molecule has 1 aromatic heterocycles. The van der Waals surface area contributed by atoms with E-state index < -0.39 is 0 Å². The molecular formula is C12H18N2O2. The van der Waals surface area contributed by atoms with Gasteiger partial charge in [0, 0.05) is 12.6 Å². The largest absolute Gasteiger partial charge is 0.473 e. The third-order valence-corrected chi connectivity index (χ3v) is 1.87. The van der Waals surface area contributed by atoms with Gasteiger partial charge in [-0.25, -0.2) is 4.98 Å². The number of hydrogen-bond donors (Lipinski definition) is 1. The van der Waals surface area contributed by atoms with Crippen LogP contribution in [0, 0.1) is 0 Å². The van der Waals surface area contributed by atoms with Crippen molar-refractivity contribution in [2.45, 2.75) is 39.7 Å². The molecule has 0 bridgehead atoms. The lowest BCUT2D eigenvalue weighted by Gasteiger charge is -2.13. The minimum absolute atomic E-state index is 0.0101. The van der Waals surface area contributed by atoms with Gasteiger partial charge in [0.15, 0.2) is 0 Å². The van der Waals surface area contributed by atoms with Crippen molar-refractivity contribution in [1.29, 1.82) is 0 Å². The van der Waals surface area contributed by atoms with E-state index in [-0.39, 0.29) is 12.0 Å². The smallest absolute Gasteiger partial charge is 0.238 e. The minimum atomic E-state index is -0.0101. The number of carbonyl (C=O) groups is 1. The molecule has 1 N–H and O–H groups in total. The van der Waals surface area contributed by atoms with Crippen molar-refractivity contribution < 1.29 is 9.53 Å². The number of nitrogens with one attached hydrogen (secondary N) is 1. The number of carbonyl (C=O) groups excluding carboxylic acids is 1. The molecule has 0 unspecified atom stereocenters. The molecule has 4 nitrogen and oxygen atoms in total. The van der Waals surface area contributed by atoms with Gasteiger partial charge >= 0.3 is 0 Å². The highest BCUT2D eigenvalue weighted by molar-refractivity contribution is 5.91. The van der Waals surface area contributed by atoms with Gasteiger partial charge in [0.1, 0.15) is 5.69 Å². The highest BCUT2D eigenvalue weighted by atomic mass is 16.5. The van der Waals surface area contributed by atoms with Crippen molar-refractivity contribution in [3.63, 3.8) is 0 Å². The van der Waals surface area contributed by atoms with Crippen LogP contribution in [0.4, 0.5) is 5.69 Å². The van der Waals surface area contributed by atoms with Gasteiger partial charge in [0.25, 0.3) is 0 Å². The molecule has 16 heavy (non-hydrogen) atoms. The average Bonchev–Trinajstić information content (AvgIpc) is 2.20. The number of amides is 1. The topological polar surface area (TPSA) is 51.2 Å². The summed E-state index contributed by atoms with van der Waals surface area (Å²) in [5, 5.41) is 2.79. The molecule has 0 aromatic carbocycles. The van der Waals surface area contributed by atoms with Gasteiger partial charge in [-0.15, -0.1) is 0 Å². The van der Waals surface area contributed by atoms with E-state index in [1.807, 2.05) is 20.8 Å². The summed E-state index contributed by atoms with van der Waals surface area (Å²) in [6, 6.07) is 3.56. The number of nitrogens with zero attached hydrogens (tertiary/aromatic N) is 1. The molecule has 1 aromatic rings. The fourth-order valence-corrected chi connectivity index (χ4v) is 1.24. The van der Waals surface area contributed by atoms with E-state index in [1.54, 1.807) is 18.3 Å². The molecule has 0 spiro atoms. The highest BCUT2D eigenvalue weighted by Crippen LogP contribution is 2.21. The summed E-state index contributed by atoms with van der Waals surface area (Å²) in [4.78, 5) is 15.6. The van der Waals surface area contributed by atoms with E-state index in [2.05, 4.69) is 10.3 Å². The molecule has 0 atom stereocenters. The fraction of sp³-hybridized carbons (Fsp3) is 0.500. The summed E-state index contributed by atoms with van der Waals surface area (Å²) in [6.07, 6.45) is 3.02. The second-order valence-electron chi connectivity index (χ2n) is 3.82. The van der Waals surface area contributed by atoms with E-state index in [4.69, 9.17) is 4.74 Å². The Balaban J connectivity index is 2.74. The third-order valence-electron chi connectivity index (χ3n) is 1.87. The van der Waals surface area contributed by atoms with E-state index in [1.165, 1.54) is 0 Å². The van der Waals surface area contributed by atoms with Crippen LogP contribution in [0.15, 0.2) is 18.3 Å². The lowest BCUT2D eigenvalue weighted by Crippen LogP contribution is -2.14. The van der Waals surface area contributed by atoms with Crippen LogP contribution in [0.1, 0.15) is 33.6 Å². The van der Waals surface area contributed by atoms with Crippen LogP contribution in [0.2, 0.25) is 0 Å². The maximum Gasteiger partial charge on any atom is 0.238 e. The van der Waals surface area contributed by atoms with Crippen LogP contribution in [0.25, 0.3) is 0 Å². The van der Waals surface area contributed by atoms with Crippen molar-refractivity contribution in [2.75, 3.05) is 5.32 Å². The van der Waals surface area contributed by atoms with Crippen molar-refractivity contribution in [3.8, 4) is 5.88 Å². The minimum Gasteiger partial charge on any atom is -0.473 e. The van der Waals surface area contributed by atoms with Crippen molar-refractivity contribution >= 4 is 11.6 Å². The van der Waals surface area contributed by atoms with Crippen molar-refractivity contribution in [1.82, 2.24) is 4.98 Å². The Morgan fingerprint density at radius 2 is 2.31 bits per heavy atom. The van der Waals surface area contributed by atoms with Crippen LogP contribution in [0.3, 0.4) is 0 Å². The Morgan fingerprint density at radius 3 is 2.94 bits per heavy atom. The summed E-state index contributed by atoms with van der Waals surface area (Å²) in [5.41, 5.74) is 0.634. The van der Waals surface area contributed by atoms with Crippen LogP contribution in [-0.4, -0.2) is 17.0 Å². The summed E-state index contributed by atoms with van der Waals surface area (Å²) in [7, 11) is 0. The fourth-order valence-electron chi connectivity index (χ4n) is 1.24. The first kappa shape index (κ1) is 12.5. The molecule has 1 heterocycles. The second kappa shape index (κ2) is 6.10. The Labute approximate surface area is 96.0 Å². The number of ether oxygens (including phenoxy) is 1. The zero-order chi connectivity index (χ0) is 12.0. The lowest BCUT2D eigenvalue weighted by atomic mass is 10.3. The lowest BCUT2D eigenvalue weighted by molar-refractivity contribution is -0.116. The molecule has 0 radical (unpaired) electrons. The van der Waals surface area contributed by atoms with Gasteiger partial charge in [0.2, 0.25) is 11.8 Å². The van der Waals surface area contributed by atoms with Crippen molar-refractivity contribution in [2.24, 2.45) is 0 Å². The van der Waals surface area contributed by atoms with Crippen LogP contribution in [0.5, 0.6) is 5.88 Å². The monoisotopic (exact) mass is 222 g/mol. The third kappa shape index (κ3) is 3.88. The molecule has 0 aliphatic carbocycles. The first-order valence-electron chi connectivity index (χ1n) is 5.55. The number of anilines is 1. The van der Waals surface area contributed by atoms with Crippen LogP contribution < -0.4 is 10.1 Å². The maximum atomic E-state index is 11.5. The predicted molar refractivity (Wildman–Crippen MR) is 63.5 cm³/mol. The van der Waals surface area contributed by atoms with E-state index >= 15 is 0 Å². The molecule has 4 heteroatoms. The van der Waals surface area contributed by atoms with Gasteiger partial charge < -0.3 is 10.1 Å². The van der Waals surface area contributed by atoms with Gasteiger partial charge in [0.05, 0.1) is 6.10 Å². The molecular weight excluding hydrogens is 204 g/mol. The SMILES string of the molecule is CCCC(=O)Nc1cccnc1OC(C)C. The normalized spacial score (nSPS) is 10.2. The summed E-state index contributed by atoms with van der Waals surface area (Å²) in [6.45, 7) is 5.81. The van der Waals surface area contributed by atoms with Gasteiger partial charge in [-0.3, -0.25) is 4.79 Å². The quantitative estimate of drug-likeness (QED) is 0.833.